The zero-order valence-electron chi connectivity index (χ0n) is 31.7. The minimum Gasteiger partial charge on any atom is -0.497 e. The quantitative estimate of drug-likeness (QED) is 0.0810. The lowest BCUT2D eigenvalue weighted by Gasteiger charge is -2.27. The number of amides is 3. The van der Waals surface area contributed by atoms with Gasteiger partial charge in [-0.1, -0.05) is 5.18 Å². The number of ether oxygens (including phenoxy) is 2. The number of aromatic nitrogens is 4. The Morgan fingerprint density at radius 3 is 1.89 bits per heavy atom. The van der Waals surface area contributed by atoms with Crippen LogP contribution in [-0.2, 0) is 24.2 Å². The number of rotatable bonds is 13. The van der Waals surface area contributed by atoms with Crippen molar-refractivity contribution in [3.63, 3.8) is 0 Å². The minimum atomic E-state index is -0.655. The second kappa shape index (κ2) is 17.3. The third kappa shape index (κ3) is 8.44. The van der Waals surface area contributed by atoms with Crippen molar-refractivity contribution in [1.82, 2.24) is 19.6 Å². The Morgan fingerprint density at radius 2 is 1.37 bits per heavy atom. The van der Waals surface area contributed by atoms with E-state index in [1.54, 1.807) is 101 Å². The first-order chi connectivity index (χ1) is 27.6. The summed E-state index contributed by atoms with van der Waals surface area (Å²) in [6.45, 7) is 2.77. The van der Waals surface area contributed by atoms with E-state index in [9.17, 15) is 19.3 Å². The molecule has 16 nitrogen and oxygen atoms in total. The molecule has 292 valence electrons. The lowest BCUT2D eigenvalue weighted by atomic mass is 10.0. The van der Waals surface area contributed by atoms with Crippen molar-refractivity contribution >= 4 is 41.0 Å². The zero-order chi connectivity index (χ0) is 40.6. The number of hydrogen-bond acceptors (Lipinski definition) is 11. The van der Waals surface area contributed by atoms with Gasteiger partial charge in [0.1, 0.15) is 23.7 Å². The molecule has 6 aromatic rings. The molecule has 0 radical (unpaired) electrons. The van der Waals surface area contributed by atoms with Crippen LogP contribution in [0.2, 0.25) is 0 Å². The van der Waals surface area contributed by atoms with Crippen molar-refractivity contribution in [3.8, 4) is 22.9 Å². The molecule has 57 heavy (non-hydrogen) atoms. The molecule has 2 aromatic heterocycles. The van der Waals surface area contributed by atoms with Crippen molar-refractivity contribution in [2.45, 2.75) is 26.3 Å². The van der Waals surface area contributed by atoms with Gasteiger partial charge in [-0.2, -0.15) is 15.1 Å². The average molecular weight is 771 g/mol. The second-order valence-electron chi connectivity index (χ2n) is 13.0. The lowest BCUT2D eigenvalue weighted by Crippen LogP contribution is -2.39. The summed E-state index contributed by atoms with van der Waals surface area (Å²) in [7, 11) is 3.18. The van der Waals surface area contributed by atoms with Gasteiger partial charge in [0.15, 0.2) is 5.69 Å². The molecule has 0 fully saturated rings. The number of carbonyl (C=O) groups is 3. The molecule has 1 aliphatic heterocycles. The summed E-state index contributed by atoms with van der Waals surface area (Å²) in [5.41, 5.74) is 24.6. The van der Waals surface area contributed by atoms with Crippen LogP contribution in [0.15, 0.2) is 102 Å². The lowest BCUT2D eigenvalue weighted by molar-refractivity contribution is -0.107. The van der Waals surface area contributed by atoms with Crippen LogP contribution in [-0.4, -0.2) is 65.1 Å². The van der Waals surface area contributed by atoms with E-state index in [0.29, 0.717) is 65.7 Å². The van der Waals surface area contributed by atoms with E-state index in [4.69, 9.17) is 26.7 Å². The normalized spacial score (nSPS) is 11.9. The first kappa shape index (κ1) is 39.2. The van der Waals surface area contributed by atoms with Crippen LogP contribution in [0, 0.1) is 11.8 Å². The van der Waals surface area contributed by atoms with Crippen LogP contribution < -0.4 is 36.5 Å². The number of nitrogens with two attached hydrogens (primary N) is 3. The first-order valence-corrected chi connectivity index (χ1v) is 17.9. The van der Waals surface area contributed by atoms with Crippen LogP contribution in [0.3, 0.4) is 0 Å². The molecule has 0 aliphatic carbocycles. The Morgan fingerprint density at radius 1 is 0.825 bits per heavy atom. The van der Waals surface area contributed by atoms with Crippen molar-refractivity contribution in [2.75, 3.05) is 48.6 Å². The van der Waals surface area contributed by atoms with Gasteiger partial charge in [0.2, 0.25) is 6.41 Å². The summed E-state index contributed by atoms with van der Waals surface area (Å²) in [6, 6.07) is 28.7. The van der Waals surface area contributed by atoms with Gasteiger partial charge in [0.05, 0.1) is 31.3 Å². The number of nitrogens with zero attached hydrogens (tertiary/aromatic N) is 7. The number of nitrogen functional groups attached to an aromatic ring is 2. The second-order valence-corrected chi connectivity index (χ2v) is 13.0. The Bertz CT molecular complexity index is 2370. The molecule has 3 heterocycles. The van der Waals surface area contributed by atoms with Crippen LogP contribution in [0.25, 0.3) is 11.4 Å². The van der Waals surface area contributed by atoms with Crippen LogP contribution in [0.4, 0.5) is 22.7 Å². The summed E-state index contributed by atoms with van der Waals surface area (Å²) in [5.74, 6) is 0.521. The molecule has 6 N–H and O–H groups in total. The number of primary amides is 1. The topological polar surface area (TPSA) is 219 Å². The Kier molecular flexibility index (Phi) is 11.9. The van der Waals surface area contributed by atoms with E-state index in [-0.39, 0.29) is 18.1 Å². The van der Waals surface area contributed by atoms with Crippen LogP contribution >= 0.6 is 0 Å². The average Bonchev–Trinajstić information content (AvgIpc) is 3.78. The van der Waals surface area contributed by atoms with Gasteiger partial charge < -0.3 is 36.5 Å². The maximum absolute atomic E-state index is 13.3. The first-order valence-electron chi connectivity index (χ1n) is 17.9. The van der Waals surface area contributed by atoms with Gasteiger partial charge in [-0.25, -0.2) is 9.36 Å². The van der Waals surface area contributed by atoms with Crippen LogP contribution in [0.1, 0.15) is 43.5 Å². The number of anilines is 4. The molecule has 7 rings (SSSR count). The highest BCUT2D eigenvalue weighted by molar-refractivity contribution is 6.09. The van der Waals surface area contributed by atoms with E-state index in [0.717, 1.165) is 40.5 Å². The molecular weight excluding hydrogens is 729 g/mol. The predicted octanol–water partition coefficient (Wildman–Crippen LogP) is 5.01. The molecule has 0 spiro atoms. The summed E-state index contributed by atoms with van der Waals surface area (Å²) in [5, 5.41) is 11.9. The summed E-state index contributed by atoms with van der Waals surface area (Å²) in [4.78, 5) is 51.0. The Balaban J connectivity index is 0.000000193. The molecule has 0 bridgehead atoms. The van der Waals surface area contributed by atoms with E-state index >= 15 is 0 Å². The van der Waals surface area contributed by atoms with Gasteiger partial charge in [0.25, 0.3) is 11.8 Å². The maximum Gasteiger partial charge on any atom is 0.277 e. The fourth-order valence-corrected chi connectivity index (χ4v) is 6.59. The van der Waals surface area contributed by atoms with Gasteiger partial charge in [0, 0.05) is 52.7 Å². The van der Waals surface area contributed by atoms with E-state index in [1.165, 1.54) is 4.68 Å². The number of methoxy groups -OCH3 is 2. The summed E-state index contributed by atoms with van der Waals surface area (Å²) in [6.07, 6.45) is 1.79. The van der Waals surface area contributed by atoms with Crippen molar-refractivity contribution in [1.29, 1.82) is 0 Å². The number of carbonyl (C=O) groups excluding carboxylic acids is 3. The largest absolute Gasteiger partial charge is 0.497 e. The molecule has 0 saturated carbocycles. The van der Waals surface area contributed by atoms with Gasteiger partial charge in [-0.05, 0) is 117 Å². The highest BCUT2D eigenvalue weighted by Crippen LogP contribution is 2.30. The summed E-state index contributed by atoms with van der Waals surface area (Å²) < 4.78 is 13.6. The van der Waals surface area contributed by atoms with Crippen molar-refractivity contribution in [2.24, 2.45) is 10.9 Å². The number of fused-ring (bicyclic) bond motifs is 1. The third-order valence-electron chi connectivity index (χ3n) is 9.58. The smallest absolute Gasteiger partial charge is 0.277 e. The van der Waals surface area contributed by atoms with E-state index in [2.05, 4.69) is 15.4 Å². The summed E-state index contributed by atoms with van der Waals surface area (Å²) >= 11 is 0. The van der Waals surface area contributed by atoms with E-state index < -0.39 is 5.91 Å². The van der Waals surface area contributed by atoms with Gasteiger partial charge in [-0.15, -0.1) is 0 Å². The number of nitroso groups, excluding NO2 is 1. The van der Waals surface area contributed by atoms with Crippen molar-refractivity contribution < 1.29 is 23.9 Å². The molecule has 0 unspecified atom stereocenters. The predicted molar refractivity (Wildman–Crippen MR) is 217 cm³/mol. The van der Waals surface area contributed by atoms with E-state index in [1.807, 2.05) is 31.2 Å². The Labute approximate surface area is 328 Å². The number of hydrogen-bond donors (Lipinski definition) is 3. The maximum atomic E-state index is 13.3. The fourth-order valence-electron chi connectivity index (χ4n) is 6.59. The Hall–Kier alpha value is -7.49. The standard InChI is InChI=1S/C21H23N5O3.C20H19N5O3/c1-15-20(11-12-25(14-27)17-5-3-16(22)4-6-17)21(13-23-28)24-26(15)18-7-9-19(29-2)10-8-18;1-28-15-8-6-14(7-9-15)25-18-16(17(23-25)19(22)26)10-11-24(20(18)27)13-4-2-12(21)3-5-13/h3-10,14H,11-13,22H2,1-2H3;2-9H,10-11,21H2,1H3,(H2,22,26). The molecule has 16 heteroatoms. The SMILES string of the molecule is COc1ccc(-n2nc(C(N)=O)c3c2C(=O)N(c2ccc(N)cc2)CC3)cc1.COc1ccc(-n2nc(CN=O)c(CCN(C=O)c3ccc(N)cc3)c2C)cc1. The molecule has 0 saturated heterocycles. The number of benzene rings is 4. The zero-order valence-corrected chi connectivity index (χ0v) is 31.7. The van der Waals surface area contributed by atoms with Crippen molar-refractivity contribution in [3.05, 3.63) is 136 Å². The van der Waals surface area contributed by atoms with Gasteiger partial charge in [-0.3, -0.25) is 14.4 Å². The van der Waals surface area contributed by atoms with Crippen LogP contribution in [0.5, 0.6) is 11.5 Å². The molecule has 4 aromatic carbocycles. The highest BCUT2D eigenvalue weighted by atomic mass is 16.5. The highest BCUT2D eigenvalue weighted by Gasteiger charge is 2.34. The molecule has 3 amide bonds. The monoisotopic (exact) mass is 770 g/mol. The fraction of sp³-hybridized carbons (Fsp3) is 0.195. The third-order valence-corrected chi connectivity index (χ3v) is 9.58. The molecule has 1 aliphatic rings. The molecular formula is C41H42N10O6. The minimum absolute atomic E-state index is 0.0255. The molecule has 0 atom stereocenters. The van der Waals surface area contributed by atoms with Gasteiger partial charge >= 0.3 is 0 Å².